The van der Waals surface area contributed by atoms with Gasteiger partial charge in [0.2, 0.25) is 0 Å². The molecule has 0 saturated carbocycles. The van der Waals surface area contributed by atoms with Gasteiger partial charge in [0.15, 0.2) is 18.2 Å². The molecule has 1 amide bonds. The second kappa shape index (κ2) is 5.82. The van der Waals surface area contributed by atoms with Gasteiger partial charge in [-0.25, -0.2) is 4.39 Å². The summed E-state index contributed by atoms with van der Waals surface area (Å²) in [5.74, 6) is -0.563. The van der Waals surface area contributed by atoms with Crippen LogP contribution in [0, 0.1) is 5.82 Å². The van der Waals surface area contributed by atoms with E-state index in [0.717, 1.165) is 0 Å². The van der Waals surface area contributed by atoms with Crippen molar-refractivity contribution in [3.05, 3.63) is 30.1 Å². The first-order valence-corrected chi connectivity index (χ1v) is 6.00. The largest absolute Gasteiger partial charge is 0.481 e. The molecule has 0 bridgehead atoms. The van der Waals surface area contributed by atoms with Crippen molar-refractivity contribution in [2.45, 2.75) is 18.9 Å². The molecular formula is C13H16FNO3. The van der Waals surface area contributed by atoms with Crippen molar-refractivity contribution >= 4 is 5.91 Å². The van der Waals surface area contributed by atoms with E-state index in [-0.39, 0.29) is 24.4 Å². The molecule has 1 aromatic rings. The van der Waals surface area contributed by atoms with Crippen LogP contribution in [0.25, 0.3) is 0 Å². The highest BCUT2D eigenvalue weighted by atomic mass is 19.1. The summed E-state index contributed by atoms with van der Waals surface area (Å²) in [6.07, 6.45) is 0.859. The molecule has 1 aromatic carbocycles. The Hall–Kier alpha value is -1.62. The third-order valence-corrected chi connectivity index (χ3v) is 3.00. The topological polar surface area (TPSA) is 49.8 Å². The van der Waals surface area contributed by atoms with Crippen LogP contribution in [-0.2, 0) is 4.79 Å². The fourth-order valence-corrected chi connectivity index (χ4v) is 1.91. The van der Waals surface area contributed by atoms with Gasteiger partial charge in [-0.3, -0.25) is 4.79 Å². The van der Waals surface area contributed by atoms with E-state index in [0.29, 0.717) is 25.9 Å². The van der Waals surface area contributed by atoms with E-state index in [1.54, 1.807) is 17.0 Å². The summed E-state index contributed by atoms with van der Waals surface area (Å²) < 4.78 is 18.4. The van der Waals surface area contributed by atoms with Crippen LogP contribution in [0.3, 0.4) is 0 Å². The summed E-state index contributed by atoms with van der Waals surface area (Å²) >= 11 is 0. The van der Waals surface area contributed by atoms with Crippen LogP contribution >= 0.6 is 0 Å². The molecule has 0 atom stereocenters. The monoisotopic (exact) mass is 253 g/mol. The van der Waals surface area contributed by atoms with E-state index in [1.807, 2.05) is 0 Å². The van der Waals surface area contributed by atoms with Crippen LogP contribution < -0.4 is 4.74 Å². The third-order valence-electron chi connectivity index (χ3n) is 3.00. The summed E-state index contributed by atoms with van der Waals surface area (Å²) in [6, 6.07) is 6.00. The van der Waals surface area contributed by atoms with Crippen molar-refractivity contribution in [2.24, 2.45) is 0 Å². The Bertz CT molecular complexity index is 416. The Morgan fingerprint density at radius 3 is 2.72 bits per heavy atom. The number of aliphatic hydroxyl groups is 1. The number of halogens is 1. The van der Waals surface area contributed by atoms with E-state index in [4.69, 9.17) is 4.74 Å². The van der Waals surface area contributed by atoms with Crippen LogP contribution in [-0.4, -0.2) is 41.7 Å². The number of hydrogen-bond donors (Lipinski definition) is 1. The molecule has 0 aliphatic carbocycles. The number of likely N-dealkylation sites (tertiary alicyclic amines) is 1. The minimum absolute atomic E-state index is 0.0860. The maximum atomic E-state index is 13.3. The van der Waals surface area contributed by atoms with Gasteiger partial charge in [0.05, 0.1) is 6.10 Å². The third kappa shape index (κ3) is 3.20. The fourth-order valence-electron chi connectivity index (χ4n) is 1.91. The number of hydrogen-bond acceptors (Lipinski definition) is 3. The lowest BCUT2D eigenvalue weighted by Crippen LogP contribution is -2.42. The number of rotatable bonds is 3. The summed E-state index contributed by atoms with van der Waals surface area (Å²) in [4.78, 5) is 13.4. The second-order valence-corrected chi connectivity index (χ2v) is 4.33. The number of carbonyl (C=O) groups is 1. The average molecular weight is 253 g/mol. The van der Waals surface area contributed by atoms with Gasteiger partial charge in [-0.1, -0.05) is 12.1 Å². The van der Waals surface area contributed by atoms with Gasteiger partial charge in [0, 0.05) is 13.1 Å². The number of benzene rings is 1. The van der Waals surface area contributed by atoms with Gasteiger partial charge in [-0.2, -0.15) is 0 Å². The van der Waals surface area contributed by atoms with Crippen LogP contribution in [0.15, 0.2) is 24.3 Å². The van der Waals surface area contributed by atoms with Crippen LogP contribution in [0.4, 0.5) is 4.39 Å². The molecule has 0 aromatic heterocycles. The molecule has 98 valence electrons. The van der Waals surface area contributed by atoms with Crippen LogP contribution in [0.5, 0.6) is 5.75 Å². The molecule has 1 N–H and O–H groups in total. The maximum Gasteiger partial charge on any atom is 0.260 e. The summed E-state index contributed by atoms with van der Waals surface area (Å²) in [5.41, 5.74) is 0. The summed E-state index contributed by atoms with van der Waals surface area (Å²) in [6.45, 7) is 0.887. The van der Waals surface area contributed by atoms with E-state index >= 15 is 0 Å². The van der Waals surface area contributed by atoms with Gasteiger partial charge in [-0.15, -0.1) is 0 Å². The molecule has 0 radical (unpaired) electrons. The predicted octanol–water partition coefficient (Wildman–Crippen LogP) is 1.19. The van der Waals surface area contributed by atoms with Crippen LogP contribution in [0.2, 0.25) is 0 Å². The highest BCUT2D eigenvalue weighted by molar-refractivity contribution is 5.77. The fraction of sp³-hybridized carbons (Fsp3) is 0.462. The van der Waals surface area contributed by atoms with Crippen molar-refractivity contribution in [1.29, 1.82) is 0 Å². The SMILES string of the molecule is O=C(COc1ccccc1F)N1CCC(O)CC1. The Morgan fingerprint density at radius 1 is 1.39 bits per heavy atom. The molecule has 1 heterocycles. The Labute approximate surface area is 105 Å². The van der Waals surface area contributed by atoms with Crippen molar-refractivity contribution in [3.8, 4) is 5.75 Å². The van der Waals surface area contributed by atoms with Crippen molar-refractivity contribution in [2.75, 3.05) is 19.7 Å². The van der Waals surface area contributed by atoms with E-state index in [1.165, 1.54) is 12.1 Å². The number of nitrogens with zero attached hydrogens (tertiary/aromatic N) is 1. The van der Waals surface area contributed by atoms with Gasteiger partial charge < -0.3 is 14.7 Å². The number of piperidine rings is 1. The molecule has 4 nitrogen and oxygen atoms in total. The molecule has 1 fully saturated rings. The quantitative estimate of drug-likeness (QED) is 0.880. The van der Waals surface area contributed by atoms with Crippen molar-refractivity contribution in [1.82, 2.24) is 4.90 Å². The molecule has 18 heavy (non-hydrogen) atoms. The zero-order valence-electron chi connectivity index (χ0n) is 10.0. The minimum atomic E-state index is -0.473. The first-order valence-electron chi connectivity index (χ1n) is 6.00. The number of aliphatic hydroxyl groups excluding tert-OH is 1. The molecule has 2 rings (SSSR count). The van der Waals surface area contributed by atoms with E-state index in [2.05, 4.69) is 0 Å². The van der Waals surface area contributed by atoms with Gasteiger partial charge in [0.25, 0.3) is 5.91 Å². The van der Waals surface area contributed by atoms with E-state index < -0.39 is 5.82 Å². The Morgan fingerprint density at radius 2 is 2.06 bits per heavy atom. The zero-order valence-corrected chi connectivity index (χ0v) is 10.0. The highest BCUT2D eigenvalue weighted by Gasteiger charge is 2.21. The van der Waals surface area contributed by atoms with Gasteiger partial charge in [-0.05, 0) is 25.0 Å². The van der Waals surface area contributed by atoms with Crippen LogP contribution in [0.1, 0.15) is 12.8 Å². The molecular weight excluding hydrogens is 237 g/mol. The Kier molecular flexibility index (Phi) is 4.15. The van der Waals surface area contributed by atoms with Gasteiger partial charge in [0.1, 0.15) is 0 Å². The highest BCUT2D eigenvalue weighted by Crippen LogP contribution is 2.16. The lowest BCUT2D eigenvalue weighted by atomic mass is 10.1. The average Bonchev–Trinajstić information content (AvgIpc) is 2.38. The number of carbonyl (C=O) groups excluding carboxylic acids is 1. The standard InChI is InChI=1S/C13H16FNO3/c14-11-3-1-2-4-12(11)18-9-13(17)15-7-5-10(16)6-8-15/h1-4,10,16H,5-9H2. The smallest absolute Gasteiger partial charge is 0.260 e. The normalized spacial score (nSPS) is 16.7. The minimum Gasteiger partial charge on any atom is -0.481 e. The molecule has 0 unspecified atom stereocenters. The lowest BCUT2D eigenvalue weighted by Gasteiger charge is -2.29. The van der Waals surface area contributed by atoms with Crippen molar-refractivity contribution in [3.63, 3.8) is 0 Å². The Balaban J connectivity index is 1.83. The predicted molar refractivity (Wildman–Crippen MR) is 63.7 cm³/mol. The second-order valence-electron chi connectivity index (χ2n) is 4.33. The van der Waals surface area contributed by atoms with Gasteiger partial charge >= 0.3 is 0 Å². The molecule has 1 aliphatic heterocycles. The molecule has 0 spiro atoms. The molecule has 1 aliphatic rings. The van der Waals surface area contributed by atoms with Crippen molar-refractivity contribution < 1.29 is 19.0 Å². The molecule has 1 saturated heterocycles. The zero-order chi connectivity index (χ0) is 13.0. The first kappa shape index (κ1) is 12.8. The first-order chi connectivity index (χ1) is 8.66. The lowest BCUT2D eigenvalue weighted by molar-refractivity contribution is -0.135. The number of para-hydroxylation sites is 1. The number of amides is 1. The van der Waals surface area contributed by atoms with E-state index in [9.17, 15) is 14.3 Å². The number of ether oxygens (including phenoxy) is 1. The summed E-state index contributed by atoms with van der Waals surface area (Å²) in [7, 11) is 0. The molecule has 5 heteroatoms. The maximum absolute atomic E-state index is 13.3. The summed E-state index contributed by atoms with van der Waals surface area (Å²) in [5, 5.41) is 9.33.